The maximum atomic E-state index is 12.4. The van der Waals surface area contributed by atoms with Crippen molar-refractivity contribution in [2.75, 3.05) is 65.4 Å². The molecule has 1 aromatic rings. The fraction of sp³-hybridized carbons (Fsp3) is 0.654. The zero-order valence-electron chi connectivity index (χ0n) is 20.3. The average molecular weight is 464 g/mol. The number of aliphatic imine (C=N–C) groups is 1. The highest BCUT2D eigenvalue weighted by Gasteiger charge is 2.36. The number of nitrogens with zero attached hydrogens (tertiary/aromatic N) is 7. The SMILES string of the molecule is CCN1CCN(C2C=CC(c3cc4n(c3)N=CCC4N3CCN(C(=O)C4CC4)CC3)=NC2)CC1. The molecule has 1 aromatic heterocycles. The quantitative estimate of drug-likeness (QED) is 0.667. The van der Waals surface area contributed by atoms with Crippen LogP contribution in [-0.4, -0.2) is 114 Å². The lowest BCUT2D eigenvalue weighted by Crippen LogP contribution is -2.50. The van der Waals surface area contributed by atoms with Crippen molar-refractivity contribution >= 4 is 17.8 Å². The van der Waals surface area contributed by atoms with Crippen molar-refractivity contribution in [3.63, 3.8) is 0 Å². The maximum absolute atomic E-state index is 12.4. The molecule has 182 valence electrons. The standard InChI is InChI=1S/C26H37N7O/c1-2-29-9-11-30(12-10-29)22-5-6-23(27-18-22)21-17-25-24(7-8-28-33(25)19-21)31-13-15-32(16-14-31)26(34)20-3-4-20/h5-6,8,17,19-20,22,24H,2-4,7,9-16,18H2,1H3. The van der Waals surface area contributed by atoms with Gasteiger partial charge >= 0.3 is 0 Å². The Bertz CT molecular complexity index is 991. The number of fused-ring (bicyclic) bond motifs is 1. The van der Waals surface area contributed by atoms with Crippen LogP contribution in [0.4, 0.5) is 0 Å². The van der Waals surface area contributed by atoms with Crippen LogP contribution in [0.1, 0.15) is 43.5 Å². The number of hydrogen-bond acceptors (Lipinski definition) is 6. The van der Waals surface area contributed by atoms with Gasteiger partial charge in [-0.05, 0) is 31.5 Å². The van der Waals surface area contributed by atoms with Crippen LogP contribution in [0.5, 0.6) is 0 Å². The summed E-state index contributed by atoms with van der Waals surface area (Å²) < 4.78 is 2.04. The molecule has 6 rings (SSSR count). The number of piperazine rings is 2. The molecular formula is C26H37N7O. The second-order valence-electron chi connectivity index (χ2n) is 10.3. The summed E-state index contributed by atoms with van der Waals surface area (Å²) in [5.41, 5.74) is 3.47. The Morgan fingerprint density at radius 2 is 1.79 bits per heavy atom. The van der Waals surface area contributed by atoms with E-state index < -0.39 is 0 Å². The molecule has 8 heteroatoms. The third-order valence-corrected chi connectivity index (χ3v) is 8.24. The molecule has 34 heavy (non-hydrogen) atoms. The van der Waals surface area contributed by atoms with Crippen molar-refractivity contribution in [3.05, 3.63) is 35.7 Å². The van der Waals surface area contributed by atoms with Gasteiger partial charge in [0.15, 0.2) is 0 Å². The van der Waals surface area contributed by atoms with E-state index in [1.165, 1.54) is 5.69 Å². The lowest BCUT2D eigenvalue weighted by molar-refractivity contribution is -0.134. The van der Waals surface area contributed by atoms with Gasteiger partial charge in [0.2, 0.25) is 5.91 Å². The second kappa shape index (κ2) is 9.40. The Morgan fingerprint density at radius 3 is 2.47 bits per heavy atom. The predicted molar refractivity (Wildman–Crippen MR) is 135 cm³/mol. The highest BCUT2D eigenvalue weighted by molar-refractivity contribution is 6.09. The van der Waals surface area contributed by atoms with Crippen LogP contribution in [0.15, 0.2) is 34.5 Å². The zero-order chi connectivity index (χ0) is 23.1. The van der Waals surface area contributed by atoms with Gasteiger partial charge in [0.05, 0.1) is 24.0 Å². The number of dihydropyridines is 1. The van der Waals surface area contributed by atoms with E-state index in [0.29, 0.717) is 23.9 Å². The van der Waals surface area contributed by atoms with Crippen LogP contribution in [0.25, 0.3) is 0 Å². The fourth-order valence-corrected chi connectivity index (χ4v) is 5.84. The summed E-state index contributed by atoms with van der Waals surface area (Å²) in [6.07, 6.45) is 11.8. The topological polar surface area (TPSA) is 59.7 Å². The summed E-state index contributed by atoms with van der Waals surface area (Å²) >= 11 is 0. The zero-order valence-corrected chi connectivity index (χ0v) is 20.3. The number of allylic oxidation sites excluding steroid dienone is 1. The van der Waals surface area contributed by atoms with Gasteiger partial charge in [-0.3, -0.25) is 19.6 Å². The summed E-state index contributed by atoms with van der Waals surface area (Å²) in [6.45, 7) is 12.4. The molecule has 0 bridgehead atoms. The first-order valence-electron chi connectivity index (χ1n) is 13.2. The van der Waals surface area contributed by atoms with E-state index in [2.05, 4.69) is 56.0 Å². The molecule has 1 amide bonds. The van der Waals surface area contributed by atoms with Crippen molar-refractivity contribution in [2.24, 2.45) is 16.0 Å². The monoisotopic (exact) mass is 463 g/mol. The maximum Gasteiger partial charge on any atom is 0.225 e. The molecule has 0 spiro atoms. The third-order valence-electron chi connectivity index (χ3n) is 8.24. The van der Waals surface area contributed by atoms with Gasteiger partial charge in [-0.2, -0.15) is 5.10 Å². The molecule has 2 unspecified atom stereocenters. The van der Waals surface area contributed by atoms with E-state index >= 15 is 0 Å². The molecule has 0 aromatic carbocycles. The van der Waals surface area contributed by atoms with E-state index in [0.717, 1.165) is 96.0 Å². The van der Waals surface area contributed by atoms with Crippen molar-refractivity contribution in [1.82, 2.24) is 24.3 Å². The predicted octanol–water partition coefficient (Wildman–Crippen LogP) is 1.69. The average Bonchev–Trinajstić information content (AvgIpc) is 3.66. The van der Waals surface area contributed by atoms with Gasteiger partial charge in [-0.15, -0.1) is 0 Å². The Labute approximate surface area is 202 Å². The molecule has 5 aliphatic rings. The first-order valence-corrected chi connectivity index (χ1v) is 13.2. The highest BCUT2D eigenvalue weighted by atomic mass is 16.2. The van der Waals surface area contributed by atoms with Gasteiger partial charge in [-0.1, -0.05) is 13.0 Å². The Hall–Kier alpha value is -2.29. The minimum atomic E-state index is 0.318. The summed E-state index contributed by atoms with van der Waals surface area (Å²) in [5, 5.41) is 4.64. The van der Waals surface area contributed by atoms with Crippen LogP contribution < -0.4 is 0 Å². The summed E-state index contributed by atoms with van der Waals surface area (Å²) in [4.78, 5) is 27.1. The molecule has 8 nitrogen and oxygen atoms in total. The molecule has 5 heterocycles. The van der Waals surface area contributed by atoms with Crippen molar-refractivity contribution in [3.8, 4) is 0 Å². The van der Waals surface area contributed by atoms with Crippen LogP contribution in [0.2, 0.25) is 0 Å². The van der Waals surface area contributed by atoms with Crippen molar-refractivity contribution in [1.29, 1.82) is 0 Å². The largest absolute Gasteiger partial charge is 0.340 e. The first-order chi connectivity index (χ1) is 16.7. The molecule has 0 radical (unpaired) electrons. The van der Waals surface area contributed by atoms with Gasteiger partial charge in [0.1, 0.15) is 0 Å². The number of likely N-dealkylation sites (N-methyl/N-ethyl adjacent to an activating group) is 1. The molecule has 2 saturated heterocycles. The smallest absolute Gasteiger partial charge is 0.225 e. The van der Waals surface area contributed by atoms with Crippen molar-refractivity contribution < 1.29 is 4.79 Å². The Kier molecular flexibility index (Phi) is 6.13. The summed E-state index contributed by atoms with van der Waals surface area (Å²) in [7, 11) is 0. The molecule has 1 aliphatic carbocycles. The lowest BCUT2D eigenvalue weighted by atomic mass is 10.0. The molecule has 1 saturated carbocycles. The molecule has 3 fully saturated rings. The normalized spacial score (nSPS) is 28.7. The number of amides is 1. The van der Waals surface area contributed by atoms with E-state index in [9.17, 15) is 4.79 Å². The van der Waals surface area contributed by atoms with Crippen LogP contribution in [-0.2, 0) is 4.79 Å². The highest BCUT2D eigenvalue weighted by Crippen LogP contribution is 2.33. The van der Waals surface area contributed by atoms with Gasteiger partial charge in [0.25, 0.3) is 0 Å². The minimum absolute atomic E-state index is 0.318. The van der Waals surface area contributed by atoms with Crippen molar-refractivity contribution in [2.45, 2.75) is 38.3 Å². The minimum Gasteiger partial charge on any atom is -0.340 e. The first kappa shape index (κ1) is 22.2. The second-order valence-corrected chi connectivity index (χ2v) is 10.3. The van der Waals surface area contributed by atoms with E-state index in [4.69, 9.17) is 4.99 Å². The Balaban J connectivity index is 1.09. The lowest BCUT2D eigenvalue weighted by Gasteiger charge is -2.39. The van der Waals surface area contributed by atoms with Gasteiger partial charge in [0, 0.05) is 88.7 Å². The number of carbonyl (C=O) groups excluding carboxylic acids is 1. The van der Waals surface area contributed by atoms with E-state index in [1.807, 2.05) is 10.9 Å². The fourth-order valence-electron chi connectivity index (χ4n) is 5.84. The number of hydrogen-bond donors (Lipinski definition) is 0. The van der Waals surface area contributed by atoms with Gasteiger partial charge < -0.3 is 9.80 Å². The summed E-state index contributed by atoms with van der Waals surface area (Å²) in [5.74, 6) is 0.696. The van der Waals surface area contributed by atoms with Crippen LogP contribution in [0.3, 0.4) is 0 Å². The molecule has 0 N–H and O–H groups in total. The number of carbonyl (C=O) groups is 1. The molecule has 2 atom stereocenters. The number of rotatable bonds is 5. The van der Waals surface area contributed by atoms with E-state index in [1.54, 1.807) is 0 Å². The van der Waals surface area contributed by atoms with Gasteiger partial charge in [-0.25, -0.2) is 4.68 Å². The van der Waals surface area contributed by atoms with Crippen LogP contribution >= 0.6 is 0 Å². The number of aromatic nitrogens is 1. The Morgan fingerprint density at radius 1 is 1.03 bits per heavy atom. The summed E-state index contributed by atoms with van der Waals surface area (Å²) in [6, 6.07) is 3.02. The van der Waals surface area contributed by atoms with Crippen LogP contribution in [0, 0.1) is 5.92 Å². The molecule has 4 aliphatic heterocycles. The van der Waals surface area contributed by atoms with E-state index in [-0.39, 0.29) is 0 Å². The molecular weight excluding hydrogens is 426 g/mol. The third kappa shape index (κ3) is 4.39.